The van der Waals surface area contributed by atoms with Gasteiger partial charge in [0.15, 0.2) is 0 Å². The molecule has 3 amide bonds. The first-order chi connectivity index (χ1) is 16.8. The van der Waals surface area contributed by atoms with Crippen LogP contribution in [0.15, 0.2) is 72.8 Å². The number of imide groups is 1. The summed E-state index contributed by atoms with van der Waals surface area (Å²) in [4.78, 5) is 49.5. The van der Waals surface area contributed by atoms with Crippen LogP contribution < -0.4 is 10.1 Å². The standard InChI is InChI=1S/C24H17F2N3O6/c25-24(26)35-16-11-9-15(10-12-16)21(14-5-2-1-3-6-14)27-19(30)13-28-22(31)17-7-4-8-18(29(33)34)20(17)23(28)32/h1-12,21,24H,13H2,(H,27,30). The number of nitro benzene ring substituents is 1. The molecule has 1 unspecified atom stereocenters. The van der Waals surface area contributed by atoms with Gasteiger partial charge >= 0.3 is 6.61 Å². The van der Waals surface area contributed by atoms with E-state index >= 15 is 0 Å². The minimum absolute atomic E-state index is 0.0606. The second kappa shape index (κ2) is 9.67. The van der Waals surface area contributed by atoms with E-state index in [0.29, 0.717) is 16.0 Å². The van der Waals surface area contributed by atoms with Gasteiger partial charge in [0.2, 0.25) is 5.91 Å². The van der Waals surface area contributed by atoms with E-state index < -0.39 is 47.5 Å². The Hall–Kier alpha value is -4.67. The van der Waals surface area contributed by atoms with E-state index in [2.05, 4.69) is 10.1 Å². The number of fused-ring (bicyclic) bond motifs is 1. The lowest BCUT2D eigenvalue weighted by molar-refractivity contribution is -0.385. The summed E-state index contributed by atoms with van der Waals surface area (Å²) in [6.07, 6.45) is 0. The van der Waals surface area contributed by atoms with Crippen molar-refractivity contribution in [1.82, 2.24) is 10.2 Å². The van der Waals surface area contributed by atoms with Crippen molar-refractivity contribution in [2.75, 3.05) is 6.54 Å². The molecule has 0 aliphatic carbocycles. The third-order valence-electron chi connectivity index (χ3n) is 5.35. The molecule has 0 bridgehead atoms. The zero-order valence-corrected chi connectivity index (χ0v) is 17.9. The normalized spacial score (nSPS) is 13.5. The SMILES string of the molecule is O=C(CN1C(=O)c2cccc([N+](=O)[O-])c2C1=O)NC(c1ccccc1)c1ccc(OC(F)F)cc1. The highest BCUT2D eigenvalue weighted by Crippen LogP contribution is 2.31. The maximum Gasteiger partial charge on any atom is 0.387 e. The Kier molecular flexibility index (Phi) is 6.49. The Morgan fingerprint density at radius 2 is 1.60 bits per heavy atom. The Bertz CT molecular complexity index is 1300. The van der Waals surface area contributed by atoms with Gasteiger partial charge in [-0.15, -0.1) is 0 Å². The van der Waals surface area contributed by atoms with Gasteiger partial charge < -0.3 is 10.1 Å². The number of ether oxygens (including phenoxy) is 1. The van der Waals surface area contributed by atoms with E-state index in [1.54, 1.807) is 30.3 Å². The van der Waals surface area contributed by atoms with Crippen molar-refractivity contribution in [3.8, 4) is 5.75 Å². The summed E-state index contributed by atoms with van der Waals surface area (Å²) in [6, 6.07) is 17.3. The van der Waals surface area contributed by atoms with Crippen molar-refractivity contribution in [1.29, 1.82) is 0 Å². The molecule has 3 aromatic carbocycles. The van der Waals surface area contributed by atoms with Crippen LogP contribution in [0.3, 0.4) is 0 Å². The van der Waals surface area contributed by atoms with Crippen LogP contribution >= 0.6 is 0 Å². The molecule has 1 atom stereocenters. The van der Waals surface area contributed by atoms with E-state index in [0.717, 1.165) is 6.07 Å². The van der Waals surface area contributed by atoms with Gasteiger partial charge in [0.25, 0.3) is 17.5 Å². The Balaban J connectivity index is 1.56. The fraction of sp³-hybridized carbons (Fsp3) is 0.125. The summed E-state index contributed by atoms with van der Waals surface area (Å²) in [5, 5.41) is 14.0. The number of rotatable bonds is 8. The van der Waals surface area contributed by atoms with Crippen molar-refractivity contribution in [2.45, 2.75) is 12.7 Å². The predicted octanol–water partition coefficient (Wildman–Crippen LogP) is 3.70. The van der Waals surface area contributed by atoms with Crippen LogP contribution in [0, 0.1) is 10.1 Å². The monoisotopic (exact) mass is 481 g/mol. The first kappa shape index (κ1) is 23.5. The van der Waals surface area contributed by atoms with Gasteiger partial charge in [-0.3, -0.25) is 29.4 Å². The van der Waals surface area contributed by atoms with Crippen LogP contribution in [0.4, 0.5) is 14.5 Å². The van der Waals surface area contributed by atoms with Crippen LogP contribution in [-0.4, -0.2) is 40.7 Å². The van der Waals surface area contributed by atoms with Gasteiger partial charge in [0.05, 0.1) is 16.5 Å². The van der Waals surface area contributed by atoms with Crippen molar-refractivity contribution < 1.29 is 32.8 Å². The van der Waals surface area contributed by atoms with Crippen LogP contribution in [0.1, 0.15) is 37.9 Å². The van der Waals surface area contributed by atoms with Crippen LogP contribution in [0.5, 0.6) is 5.75 Å². The Morgan fingerprint density at radius 1 is 0.943 bits per heavy atom. The number of nitrogens with zero attached hydrogens (tertiary/aromatic N) is 2. The molecule has 4 rings (SSSR count). The topological polar surface area (TPSA) is 119 Å². The van der Waals surface area contributed by atoms with E-state index in [9.17, 15) is 33.3 Å². The highest BCUT2D eigenvalue weighted by atomic mass is 19.3. The van der Waals surface area contributed by atoms with E-state index in [1.165, 1.54) is 36.4 Å². The number of nitrogens with one attached hydrogen (secondary N) is 1. The van der Waals surface area contributed by atoms with Gasteiger partial charge in [0, 0.05) is 6.07 Å². The second-order valence-corrected chi connectivity index (χ2v) is 7.51. The molecule has 0 aromatic heterocycles. The average Bonchev–Trinajstić information content (AvgIpc) is 3.08. The molecule has 0 spiro atoms. The van der Waals surface area contributed by atoms with Gasteiger partial charge in [-0.2, -0.15) is 8.78 Å². The fourth-order valence-electron chi connectivity index (χ4n) is 3.81. The average molecular weight is 481 g/mol. The molecule has 0 saturated carbocycles. The smallest absolute Gasteiger partial charge is 0.387 e. The quantitative estimate of drug-likeness (QED) is 0.298. The van der Waals surface area contributed by atoms with E-state index in [4.69, 9.17) is 0 Å². The number of halogens is 2. The number of nitro groups is 1. The summed E-state index contributed by atoms with van der Waals surface area (Å²) in [6.45, 7) is -3.65. The third kappa shape index (κ3) is 4.83. The maximum atomic E-state index is 12.9. The summed E-state index contributed by atoms with van der Waals surface area (Å²) in [5.74, 6) is -2.51. The zero-order valence-electron chi connectivity index (χ0n) is 17.9. The number of alkyl halides is 2. The highest BCUT2D eigenvalue weighted by Gasteiger charge is 2.41. The second-order valence-electron chi connectivity index (χ2n) is 7.51. The molecule has 1 N–H and O–H groups in total. The van der Waals surface area contributed by atoms with E-state index in [1.807, 2.05) is 0 Å². The summed E-state index contributed by atoms with van der Waals surface area (Å²) in [7, 11) is 0. The highest BCUT2D eigenvalue weighted by molar-refractivity contribution is 6.24. The molecule has 0 radical (unpaired) electrons. The molecule has 3 aromatic rings. The zero-order chi connectivity index (χ0) is 25.1. The fourth-order valence-corrected chi connectivity index (χ4v) is 3.81. The maximum absolute atomic E-state index is 12.9. The molecular formula is C24H17F2N3O6. The molecule has 11 heteroatoms. The van der Waals surface area contributed by atoms with Crippen molar-refractivity contribution in [3.63, 3.8) is 0 Å². The molecule has 0 saturated heterocycles. The predicted molar refractivity (Wildman–Crippen MR) is 118 cm³/mol. The van der Waals surface area contributed by atoms with Crippen LogP contribution in [0.2, 0.25) is 0 Å². The van der Waals surface area contributed by atoms with Gasteiger partial charge in [-0.1, -0.05) is 48.5 Å². The first-order valence-electron chi connectivity index (χ1n) is 10.3. The van der Waals surface area contributed by atoms with Crippen LogP contribution in [-0.2, 0) is 4.79 Å². The molecule has 178 valence electrons. The summed E-state index contributed by atoms with van der Waals surface area (Å²) < 4.78 is 29.3. The molecule has 9 nitrogen and oxygen atoms in total. The van der Waals surface area contributed by atoms with Gasteiger partial charge in [-0.25, -0.2) is 0 Å². The number of carbonyl (C=O) groups is 3. The Morgan fingerprint density at radius 3 is 2.23 bits per heavy atom. The number of hydrogen-bond acceptors (Lipinski definition) is 6. The van der Waals surface area contributed by atoms with Crippen molar-refractivity contribution in [3.05, 3.63) is 105 Å². The summed E-state index contributed by atoms with van der Waals surface area (Å²) in [5.41, 5.74) is 0.165. The number of carbonyl (C=O) groups excluding carboxylic acids is 3. The molecule has 1 aliphatic heterocycles. The third-order valence-corrected chi connectivity index (χ3v) is 5.35. The Labute approximate surface area is 197 Å². The summed E-state index contributed by atoms with van der Waals surface area (Å²) >= 11 is 0. The lowest BCUT2D eigenvalue weighted by Gasteiger charge is -2.22. The number of amides is 3. The van der Waals surface area contributed by atoms with Crippen molar-refractivity contribution in [2.24, 2.45) is 0 Å². The van der Waals surface area contributed by atoms with Gasteiger partial charge in [0.1, 0.15) is 17.9 Å². The number of benzene rings is 3. The largest absolute Gasteiger partial charge is 0.435 e. The molecule has 35 heavy (non-hydrogen) atoms. The first-order valence-corrected chi connectivity index (χ1v) is 10.3. The molecule has 1 aliphatic rings. The lowest BCUT2D eigenvalue weighted by atomic mass is 9.98. The minimum Gasteiger partial charge on any atom is -0.435 e. The molecule has 1 heterocycles. The van der Waals surface area contributed by atoms with Crippen molar-refractivity contribution >= 4 is 23.4 Å². The molecule has 0 fully saturated rings. The number of hydrogen-bond donors (Lipinski definition) is 1. The minimum atomic E-state index is -2.99. The van der Waals surface area contributed by atoms with E-state index in [-0.39, 0.29) is 16.9 Å². The molecular weight excluding hydrogens is 464 g/mol. The van der Waals surface area contributed by atoms with Crippen LogP contribution in [0.25, 0.3) is 0 Å². The lowest BCUT2D eigenvalue weighted by Crippen LogP contribution is -2.41. The van der Waals surface area contributed by atoms with Gasteiger partial charge in [-0.05, 0) is 29.3 Å².